The van der Waals surface area contributed by atoms with Crippen molar-refractivity contribution in [1.29, 1.82) is 0 Å². The molecular formula is C32H35ClFN3O5. The second-order valence-corrected chi connectivity index (χ2v) is 10.4. The lowest BCUT2D eigenvalue weighted by atomic mass is 9.71. The summed E-state index contributed by atoms with van der Waals surface area (Å²) < 4.78 is 38.2. The summed E-state index contributed by atoms with van der Waals surface area (Å²) in [7, 11) is 9.63. The Hall–Kier alpha value is -3.92. The third-order valence-electron chi connectivity index (χ3n) is 7.21. The van der Waals surface area contributed by atoms with E-state index in [0.717, 1.165) is 5.56 Å². The molecular weight excluding hydrogens is 561 g/mol. The number of rotatable bonds is 12. The number of hydrogen-bond acceptors (Lipinski definition) is 8. The SMILES string of the molecule is COc1cc(C(O)(CCN(C)C)C(c2cc(-c3ccccc3Cl)cnc2OC)c2cccc(OC)c2F)cc(OC)n1. The van der Waals surface area contributed by atoms with Crippen molar-refractivity contribution in [2.24, 2.45) is 0 Å². The number of aromatic nitrogens is 2. The minimum Gasteiger partial charge on any atom is -0.494 e. The van der Waals surface area contributed by atoms with E-state index in [2.05, 4.69) is 9.97 Å². The van der Waals surface area contributed by atoms with E-state index in [1.807, 2.05) is 43.3 Å². The van der Waals surface area contributed by atoms with Gasteiger partial charge in [0.2, 0.25) is 17.6 Å². The largest absolute Gasteiger partial charge is 0.494 e. The highest BCUT2D eigenvalue weighted by Gasteiger charge is 2.44. The first-order chi connectivity index (χ1) is 20.2. The zero-order chi connectivity index (χ0) is 30.4. The van der Waals surface area contributed by atoms with Crippen molar-refractivity contribution < 1.29 is 28.4 Å². The Morgan fingerprint density at radius 2 is 1.60 bits per heavy atom. The van der Waals surface area contributed by atoms with Crippen molar-refractivity contribution >= 4 is 11.6 Å². The standard InChI is InChI=1S/C32H35ClFN3O5/c1-37(2)15-14-32(38,21-17-27(40-4)36-28(18-21)41-5)29(23-11-9-13-26(39-3)30(23)34)24-16-20(19-35-31(24)42-6)22-10-7-8-12-25(22)33/h7-13,16-19,29,38H,14-15H2,1-6H3. The van der Waals surface area contributed by atoms with Crippen molar-refractivity contribution in [3.8, 4) is 34.5 Å². The van der Waals surface area contributed by atoms with E-state index in [1.165, 1.54) is 34.5 Å². The average molecular weight is 596 g/mol. The van der Waals surface area contributed by atoms with Gasteiger partial charge in [0.05, 0.1) is 34.4 Å². The molecule has 0 aliphatic rings. The molecule has 0 bridgehead atoms. The third kappa shape index (κ3) is 6.28. The highest BCUT2D eigenvalue weighted by atomic mass is 35.5. The van der Waals surface area contributed by atoms with E-state index >= 15 is 4.39 Å². The molecule has 0 saturated carbocycles. The van der Waals surface area contributed by atoms with Crippen molar-refractivity contribution in [2.75, 3.05) is 49.1 Å². The molecule has 0 aliphatic carbocycles. The number of hydrogen-bond donors (Lipinski definition) is 1. The summed E-state index contributed by atoms with van der Waals surface area (Å²) in [5, 5.41) is 13.5. The number of pyridine rings is 2. The smallest absolute Gasteiger partial charge is 0.217 e. The summed E-state index contributed by atoms with van der Waals surface area (Å²) in [5.74, 6) is -0.957. The van der Waals surface area contributed by atoms with Gasteiger partial charge in [0, 0.05) is 52.2 Å². The number of ether oxygens (including phenoxy) is 4. The molecule has 4 aromatic rings. The number of halogens is 2. The van der Waals surface area contributed by atoms with Gasteiger partial charge in [-0.1, -0.05) is 41.9 Å². The number of benzene rings is 2. The molecule has 0 spiro atoms. The van der Waals surface area contributed by atoms with Crippen LogP contribution in [0, 0.1) is 5.82 Å². The lowest BCUT2D eigenvalue weighted by molar-refractivity contribution is 0.00229. The lowest BCUT2D eigenvalue weighted by Gasteiger charge is -2.39. The molecule has 2 aromatic heterocycles. The summed E-state index contributed by atoms with van der Waals surface area (Å²) >= 11 is 6.56. The van der Waals surface area contributed by atoms with Gasteiger partial charge >= 0.3 is 0 Å². The molecule has 2 unspecified atom stereocenters. The van der Waals surface area contributed by atoms with Gasteiger partial charge in [-0.25, -0.2) is 9.37 Å². The van der Waals surface area contributed by atoms with Crippen LogP contribution in [0.3, 0.4) is 0 Å². The third-order valence-corrected chi connectivity index (χ3v) is 7.54. The number of nitrogens with zero attached hydrogens (tertiary/aromatic N) is 3. The topological polar surface area (TPSA) is 86.2 Å². The minimum atomic E-state index is -1.75. The lowest BCUT2D eigenvalue weighted by Crippen LogP contribution is -2.38. The highest BCUT2D eigenvalue weighted by Crippen LogP contribution is 2.50. The molecule has 0 fully saturated rings. The normalized spacial score (nSPS) is 13.4. The van der Waals surface area contributed by atoms with Crippen LogP contribution in [-0.2, 0) is 5.60 Å². The maximum atomic E-state index is 16.3. The van der Waals surface area contributed by atoms with Crippen LogP contribution in [0.2, 0.25) is 5.02 Å². The Bertz CT molecular complexity index is 1510. The van der Waals surface area contributed by atoms with Gasteiger partial charge in [-0.3, -0.25) is 0 Å². The zero-order valence-corrected chi connectivity index (χ0v) is 25.3. The van der Waals surface area contributed by atoms with Crippen LogP contribution in [0.25, 0.3) is 11.1 Å². The van der Waals surface area contributed by atoms with E-state index in [0.29, 0.717) is 28.3 Å². The van der Waals surface area contributed by atoms with Crippen LogP contribution in [0.15, 0.2) is 66.9 Å². The Labute approximate surface area is 250 Å². The Morgan fingerprint density at radius 3 is 2.19 bits per heavy atom. The molecule has 4 rings (SSSR count). The molecule has 1 N–H and O–H groups in total. The fourth-order valence-electron chi connectivity index (χ4n) is 5.07. The van der Waals surface area contributed by atoms with E-state index in [4.69, 9.17) is 30.5 Å². The predicted octanol–water partition coefficient (Wildman–Crippen LogP) is 5.94. The second-order valence-electron chi connectivity index (χ2n) is 10.0. The molecule has 0 amide bonds. The van der Waals surface area contributed by atoms with Crippen LogP contribution in [0.5, 0.6) is 23.4 Å². The van der Waals surface area contributed by atoms with E-state index in [-0.39, 0.29) is 35.4 Å². The Kier molecular flexibility index (Phi) is 9.88. The van der Waals surface area contributed by atoms with Crippen molar-refractivity contribution in [3.05, 3.63) is 94.4 Å². The predicted molar refractivity (Wildman–Crippen MR) is 160 cm³/mol. The van der Waals surface area contributed by atoms with Gasteiger partial charge in [0.15, 0.2) is 11.6 Å². The van der Waals surface area contributed by atoms with Gasteiger partial charge in [0.1, 0.15) is 5.60 Å². The zero-order valence-electron chi connectivity index (χ0n) is 24.5. The fraction of sp³-hybridized carbons (Fsp3) is 0.312. The molecule has 2 atom stereocenters. The van der Waals surface area contributed by atoms with E-state index in [1.54, 1.807) is 36.5 Å². The molecule has 222 valence electrons. The molecule has 0 saturated heterocycles. The number of aliphatic hydroxyl groups is 1. The van der Waals surface area contributed by atoms with Crippen LogP contribution in [0.4, 0.5) is 4.39 Å². The van der Waals surface area contributed by atoms with Gasteiger partial charge in [-0.2, -0.15) is 4.98 Å². The van der Waals surface area contributed by atoms with Crippen molar-refractivity contribution in [2.45, 2.75) is 17.9 Å². The van der Waals surface area contributed by atoms with E-state index < -0.39 is 17.3 Å². The minimum absolute atomic E-state index is 0.0338. The van der Waals surface area contributed by atoms with Gasteiger partial charge < -0.3 is 29.0 Å². The van der Waals surface area contributed by atoms with Crippen LogP contribution in [0.1, 0.15) is 29.0 Å². The van der Waals surface area contributed by atoms with Gasteiger partial charge in [-0.05, 0) is 44.3 Å². The number of methoxy groups -OCH3 is 4. The average Bonchev–Trinajstić information content (AvgIpc) is 3.00. The van der Waals surface area contributed by atoms with E-state index in [9.17, 15) is 5.11 Å². The highest BCUT2D eigenvalue weighted by molar-refractivity contribution is 6.33. The quantitative estimate of drug-likeness (QED) is 0.215. The summed E-state index contributed by atoms with van der Waals surface area (Å²) in [6, 6.07) is 17.3. The Balaban J connectivity index is 2.11. The van der Waals surface area contributed by atoms with Crippen LogP contribution in [-0.4, -0.2) is 69.1 Å². The molecule has 0 radical (unpaired) electrons. The summed E-state index contributed by atoms with van der Waals surface area (Å²) in [5.41, 5.74) is 0.675. The molecule has 10 heteroatoms. The molecule has 8 nitrogen and oxygen atoms in total. The monoisotopic (exact) mass is 595 g/mol. The fourth-order valence-corrected chi connectivity index (χ4v) is 5.31. The first kappa shape index (κ1) is 31.0. The van der Waals surface area contributed by atoms with Crippen molar-refractivity contribution in [3.63, 3.8) is 0 Å². The van der Waals surface area contributed by atoms with Crippen LogP contribution >= 0.6 is 11.6 Å². The van der Waals surface area contributed by atoms with Gasteiger partial charge in [-0.15, -0.1) is 0 Å². The van der Waals surface area contributed by atoms with Gasteiger partial charge in [0.25, 0.3) is 0 Å². The van der Waals surface area contributed by atoms with Crippen molar-refractivity contribution in [1.82, 2.24) is 14.9 Å². The second kappa shape index (κ2) is 13.4. The molecule has 2 heterocycles. The maximum Gasteiger partial charge on any atom is 0.217 e. The molecule has 42 heavy (non-hydrogen) atoms. The maximum absolute atomic E-state index is 16.3. The first-order valence-corrected chi connectivity index (χ1v) is 13.6. The molecule has 2 aromatic carbocycles. The summed E-state index contributed by atoms with van der Waals surface area (Å²) in [6.07, 6.45) is 1.82. The summed E-state index contributed by atoms with van der Waals surface area (Å²) in [4.78, 5) is 10.8. The van der Waals surface area contributed by atoms with Crippen LogP contribution < -0.4 is 18.9 Å². The first-order valence-electron chi connectivity index (χ1n) is 13.3. The Morgan fingerprint density at radius 1 is 0.905 bits per heavy atom. The summed E-state index contributed by atoms with van der Waals surface area (Å²) in [6.45, 7) is 0.450. The molecule has 0 aliphatic heterocycles.